The number of halogens is 5. The fraction of sp³-hybridized carbons (Fsp3) is 0.167. The highest BCUT2D eigenvalue weighted by Gasteiger charge is 2.35. The van der Waals surface area contributed by atoms with Crippen molar-refractivity contribution in [2.75, 3.05) is 0 Å². The second kappa shape index (κ2) is 8.03. The molecule has 0 aliphatic carbocycles. The minimum absolute atomic E-state index is 0.143. The largest absolute Gasteiger partial charge is 0.434 e. The van der Waals surface area contributed by atoms with Gasteiger partial charge >= 0.3 is 12.8 Å². The van der Waals surface area contributed by atoms with Crippen molar-refractivity contribution in [1.82, 2.24) is 9.55 Å². The van der Waals surface area contributed by atoms with E-state index in [0.717, 1.165) is 22.9 Å². The SMILES string of the molecule is NS(=O)(=O)c1ccc(-c2nc(C(F)(F)F)cn2Cc2ccccc2OC(F)F)cc1. The summed E-state index contributed by atoms with van der Waals surface area (Å²) in [6.45, 7) is -3.36. The van der Waals surface area contributed by atoms with Crippen LogP contribution in [-0.2, 0) is 22.7 Å². The molecule has 0 amide bonds. The predicted octanol–water partition coefficient (Wildman–Crippen LogP) is 3.87. The van der Waals surface area contributed by atoms with Gasteiger partial charge < -0.3 is 9.30 Å². The molecule has 3 rings (SSSR count). The molecular weight excluding hydrogens is 433 g/mol. The van der Waals surface area contributed by atoms with E-state index >= 15 is 0 Å². The van der Waals surface area contributed by atoms with E-state index in [0.29, 0.717) is 0 Å². The number of hydrogen-bond acceptors (Lipinski definition) is 4. The van der Waals surface area contributed by atoms with Crippen molar-refractivity contribution in [2.45, 2.75) is 24.2 Å². The topological polar surface area (TPSA) is 87.2 Å². The van der Waals surface area contributed by atoms with Crippen molar-refractivity contribution < 1.29 is 35.1 Å². The maximum Gasteiger partial charge on any atom is 0.434 e. The van der Waals surface area contributed by atoms with Crippen LogP contribution in [0.3, 0.4) is 0 Å². The Kier molecular flexibility index (Phi) is 5.81. The smallest absolute Gasteiger partial charge is 0.434 e. The van der Waals surface area contributed by atoms with Gasteiger partial charge in [0.05, 0.1) is 11.4 Å². The lowest BCUT2D eigenvalue weighted by Gasteiger charge is -2.13. The van der Waals surface area contributed by atoms with Gasteiger partial charge in [-0.25, -0.2) is 18.5 Å². The summed E-state index contributed by atoms with van der Waals surface area (Å²) in [6.07, 6.45) is -4.01. The number of sulfonamides is 1. The molecule has 0 saturated heterocycles. The van der Waals surface area contributed by atoms with Gasteiger partial charge in [-0.2, -0.15) is 22.0 Å². The van der Waals surface area contributed by atoms with E-state index in [1.807, 2.05) is 0 Å². The van der Waals surface area contributed by atoms with E-state index in [4.69, 9.17) is 5.14 Å². The van der Waals surface area contributed by atoms with E-state index in [-0.39, 0.29) is 34.1 Å². The molecule has 0 fully saturated rings. The summed E-state index contributed by atoms with van der Waals surface area (Å²) in [4.78, 5) is 3.37. The van der Waals surface area contributed by atoms with Gasteiger partial charge in [0, 0.05) is 17.3 Å². The lowest BCUT2D eigenvalue weighted by atomic mass is 10.2. The quantitative estimate of drug-likeness (QED) is 0.582. The Morgan fingerprint density at radius 3 is 2.27 bits per heavy atom. The van der Waals surface area contributed by atoms with E-state index in [9.17, 15) is 30.4 Å². The number of aromatic nitrogens is 2. The molecule has 2 aromatic carbocycles. The first-order valence-electron chi connectivity index (χ1n) is 8.25. The van der Waals surface area contributed by atoms with Gasteiger partial charge in [-0.1, -0.05) is 18.2 Å². The first kappa shape index (κ1) is 21.7. The molecule has 160 valence electrons. The number of benzene rings is 2. The Hall–Kier alpha value is -2.99. The maximum atomic E-state index is 13.2. The van der Waals surface area contributed by atoms with E-state index in [2.05, 4.69) is 9.72 Å². The van der Waals surface area contributed by atoms with Crippen molar-refractivity contribution in [3.8, 4) is 17.1 Å². The number of imidazole rings is 1. The van der Waals surface area contributed by atoms with Gasteiger partial charge in [0.2, 0.25) is 10.0 Å². The third-order valence-electron chi connectivity index (χ3n) is 4.04. The monoisotopic (exact) mass is 447 g/mol. The Balaban J connectivity index is 2.06. The normalized spacial score (nSPS) is 12.4. The van der Waals surface area contributed by atoms with Crippen LogP contribution in [0.25, 0.3) is 11.4 Å². The number of nitrogens with zero attached hydrogens (tertiary/aromatic N) is 2. The number of alkyl halides is 5. The van der Waals surface area contributed by atoms with Crippen molar-refractivity contribution in [1.29, 1.82) is 0 Å². The summed E-state index contributed by atoms with van der Waals surface area (Å²) in [5.74, 6) is -0.333. The highest BCUT2D eigenvalue weighted by Crippen LogP contribution is 2.32. The van der Waals surface area contributed by atoms with Crippen LogP contribution in [0.4, 0.5) is 22.0 Å². The minimum atomic E-state index is -4.75. The number of para-hydroxylation sites is 1. The number of primary sulfonamides is 1. The molecular formula is C18H14F5N3O3S. The Morgan fingerprint density at radius 2 is 1.70 bits per heavy atom. The number of rotatable bonds is 6. The van der Waals surface area contributed by atoms with Gasteiger partial charge in [-0.3, -0.25) is 0 Å². The van der Waals surface area contributed by atoms with Gasteiger partial charge in [0.25, 0.3) is 0 Å². The zero-order chi connectivity index (χ0) is 22.1. The van der Waals surface area contributed by atoms with Crippen LogP contribution in [-0.4, -0.2) is 24.6 Å². The first-order chi connectivity index (χ1) is 13.9. The summed E-state index contributed by atoms with van der Waals surface area (Å²) >= 11 is 0. The lowest BCUT2D eigenvalue weighted by molar-refractivity contribution is -0.140. The molecule has 12 heteroatoms. The van der Waals surface area contributed by atoms with E-state index < -0.39 is 28.5 Å². The molecule has 3 aromatic rings. The summed E-state index contributed by atoms with van der Waals surface area (Å²) in [5.41, 5.74) is -0.822. The van der Waals surface area contributed by atoms with Crippen LogP contribution < -0.4 is 9.88 Å². The second-order valence-electron chi connectivity index (χ2n) is 6.13. The lowest BCUT2D eigenvalue weighted by Crippen LogP contribution is -2.12. The zero-order valence-electron chi connectivity index (χ0n) is 15.0. The van der Waals surface area contributed by atoms with Gasteiger partial charge in [0.15, 0.2) is 5.69 Å². The van der Waals surface area contributed by atoms with E-state index in [1.165, 1.54) is 36.4 Å². The summed E-state index contributed by atoms with van der Waals surface area (Å²) in [5, 5.41) is 5.02. The molecule has 0 aliphatic heterocycles. The van der Waals surface area contributed by atoms with Crippen molar-refractivity contribution in [3.63, 3.8) is 0 Å². The van der Waals surface area contributed by atoms with Gasteiger partial charge in [-0.05, 0) is 30.3 Å². The van der Waals surface area contributed by atoms with Crippen LogP contribution in [0.2, 0.25) is 0 Å². The molecule has 0 atom stereocenters. The maximum absolute atomic E-state index is 13.2. The molecule has 0 unspecified atom stereocenters. The van der Waals surface area contributed by atoms with Crippen molar-refractivity contribution >= 4 is 10.0 Å². The van der Waals surface area contributed by atoms with Crippen LogP contribution >= 0.6 is 0 Å². The van der Waals surface area contributed by atoms with Crippen LogP contribution in [0.15, 0.2) is 59.6 Å². The molecule has 0 radical (unpaired) electrons. The van der Waals surface area contributed by atoms with E-state index in [1.54, 1.807) is 0 Å². The average Bonchev–Trinajstić information content (AvgIpc) is 3.06. The second-order valence-corrected chi connectivity index (χ2v) is 7.69. The Bertz CT molecular complexity index is 1140. The van der Waals surface area contributed by atoms with Crippen LogP contribution in [0.5, 0.6) is 5.75 Å². The number of hydrogen-bond donors (Lipinski definition) is 1. The summed E-state index contributed by atoms with van der Waals surface area (Å²) in [7, 11) is -3.99. The highest BCUT2D eigenvalue weighted by molar-refractivity contribution is 7.89. The Labute approximate surface area is 167 Å². The molecule has 30 heavy (non-hydrogen) atoms. The molecule has 0 aliphatic rings. The zero-order valence-corrected chi connectivity index (χ0v) is 15.8. The summed E-state index contributed by atoms with van der Waals surface area (Å²) < 4.78 is 93.2. The van der Waals surface area contributed by atoms with Crippen molar-refractivity contribution in [2.24, 2.45) is 5.14 Å². The molecule has 1 heterocycles. The van der Waals surface area contributed by atoms with Crippen molar-refractivity contribution in [3.05, 3.63) is 66.0 Å². The molecule has 0 bridgehead atoms. The Morgan fingerprint density at radius 1 is 1.07 bits per heavy atom. The molecule has 0 spiro atoms. The third kappa shape index (κ3) is 4.94. The number of nitrogens with two attached hydrogens (primary N) is 1. The summed E-state index contributed by atoms with van der Waals surface area (Å²) in [6, 6.07) is 10.4. The standard InChI is InChI=1S/C18H14F5N3O3S/c19-17(20)29-14-4-2-1-3-12(14)9-26-10-15(18(21,22)23)25-16(26)11-5-7-13(8-6-11)30(24,27)28/h1-8,10,17H,9H2,(H2,24,27,28). The molecule has 1 aromatic heterocycles. The molecule has 6 nitrogen and oxygen atoms in total. The van der Waals surface area contributed by atoms with Crippen LogP contribution in [0, 0.1) is 0 Å². The average molecular weight is 447 g/mol. The fourth-order valence-electron chi connectivity index (χ4n) is 2.73. The predicted molar refractivity (Wildman–Crippen MR) is 96.2 cm³/mol. The number of ether oxygens (including phenoxy) is 1. The molecule has 2 N–H and O–H groups in total. The molecule has 0 saturated carbocycles. The van der Waals surface area contributed by atoms with Gasteiger partial charge in [0.1, 0.15) is 11.6 Å². The first-order valence-corrected chi connectivity index (χ1v) is 9.80. The van der Waals surface area contributed by atoms with Crippen LogP contribution in [0.1, 0.15) is 11.3 Å². The fourth-order valence-corrected chi connectivity index (χ4v) is 3.24. The van der Waals surface area contributed by atoms with Gasteiger partial charge in [-0.15, -0.1) is 0 Å². The highest BCUT2D eigenvalue weighted by atomic mass is 32.2. The third-order valence-corrected chi connectivity index (χ3v) is 4.97. The minimum Gasteiger partial charge on any atom is -0.434 e.